The monoisotopic (exact) mass is 1090 g/mol. The van der Waals surface area contributed by atoms with Crippen molar-refractivity contribution in [2.45, 2.75) is 82.8 Å². The highest BCUT2D eigenvalue weighted by Gasteiger charge is 2.38. The number of fused-ring (bicyclic) bond motifs is 6. The molecule has 14 nitrogen and oxygen atoms in total. The standard InChI is InChI=1S/C23H27NO4.C22H25NO4.C21H23NO3/c1-4-27-18-7-5-15(6-8-18)20(25)14-19-21-16(9-11-24(19)2)13-17-10-12-28-22(17)23(21)26-3;1-23-9-7-15-11-16-8-10-27-21(16)22(26-3)20(15)18(23)13-19(24)14-5-4-6-17(12-14)25-2;1-22-10-8-15-12-16-9-11-25-20(16)21(24-2)19(15)17(22)13-18(23)14-6-4-3-5-7-14/h5-8,13,19H,4,9-12,14H2,1-3H3;4-6,11-12,18H,7-10,13H2,1-3H3;3-7,12,17H,8-11,13H2,1-2H3. The van der Waals surface area contributed by atoms with Crippen LogP contribution in [0.15, 0.2) is 97.1 Å². The van der Waals surface area contributed by atoms with Crippen molar-refractivity contribution in [2.24, 2.45) is 0 Å². The molecule has 0 aliphatic carbocycles. The summed E-state index contributed by atoms with van der Waals surface area (Å²) in [4.78, 5) is 45.6. The van der Waals surface area contributed by atoms with Gasteiger partial charge >= 0.3 is 0 Å². The molecule has 6 aliphatic heterocycles. The molecule has 80 heavy (non-hydrogen) atoms. The Morgan fingerprint density at radius 1 is 0.438 bits per heavy atom. The molecule has 3 unspecified atom stereocenters. The number of hydrogen-bond acceptors (Lipinski definition) is 14. The van der Waals surface area contributed by atoms with Crippen molar-refractivity contribution < 1.29 is 52.3 Å². The molecule has 6 heterocycles. The summed E-state index contributed by atoms with van der Waals surface area (Å²) >= 11 is 0. The minimum atomic E-state index is -0.0306. The molecular weight excluding hydrogens is 1010 g/mol. The van der Waals surface area contributed by atoms with Crippen LogP contribution in [0.2, 0.25) is 0 Å². The van der Waals surface area contributed by atoms with E-state index in [-0.39, 0.29) is 35.5 Å². The number of ketones is 3. The van der Waals surface area contributed by atoms with Crippen molar-refractivity contribution in [3.05, 3.63) is 164 Å². The summed E-state index contributed by atoms with van der Waals surface area (Å²) in [5, 5.41) is 0. The van der Waals surface area contributed by atoms with Crippen molar-refractivity contribution in [1.29, 1.82) is 0 Å². The van der Waals surface area contributed by atoms with Crippen LogP contribution in [0.25, 0.3) is 0 Å². The fourth-order valence-electron chi connectivity index (χ4n) is 12.4. The molecule has 420 valence electrons. The Balaban J connectivity index is 0.000000135. The van der Waals surface area contributed by atoms with Crippen LogP contribution in [0.3, 0.4) is 0 Å². The number of likely N-dealkylation sites (N-methyl/N-ethyl adjacent to an activating group) is 3. The predicted octanol–water partition coefficient (Wildman–Crippen LogP) is 10.7. The number of Topliss-reactive ketones (excluding diaryl/α,β-unsaturated/α-hetero) is 3. The van der Waals surface area contributed by atoms with Gasteiger partial charge in [0.15, 0.2) is 51.8 Å². The number of carbonyl (C=O) groups excluding carboxylic acids is 3. The maximum atomic E-state index is 13.0. The van der Waals surface area contributed by atoms with E-state index < -0.39 is 0 Å². The van der Waals surface area contributed by atoms with E-state index in [1.54, 1.807) is 34.5 Å². The molecule has 6 aromatic rings. The minimum Gasteiger partial charge on any atom is -0.497 e. The van der Waals surface area contributed by atoms with Gasteiger partial charge in [-0.05, 0) is 100 Å². The van der Waals surface area contributed by atoms with Crippen molar-refractivity contribution in [3.63, 3.8) is 0 Å². The third kappa shape index (κ3) is 11.5. The van der Waals surface area contributed by atoms with Gasteiger partial charge in [0.05, 0.1) is 54.9 Å². The summed E-state index contributed by atoms with van der Waals surface area (Å²) in [6.07, 6.45) is 6.92. The summed E-state index contributed by atoms with van der Waals surface area (Å²) < 4.78 is 45.6. The van der Waals surface area contributed by atoms with Gasteiger partial charge in [-0.15, -0.1) is 0 Å². The first kappa shape index (κ1) is 55.9. The van der Waals surface area contributed by atoms with Gasteiger partial charge in [0, 0.05) is 126 Å². The van der Waals surface area contributed by atoms with Gasteiger partial charge < -0.3 is 37.9 Å². The van der Waals surface area contributed by atoms with E-state index in [0.717, 1.165) is 121 Å². The number of hydrogen-bond donors (Lipinski definition) is 0. The highest BCUT2D eigenvalue weighted by molar-refractivity contribution is 5.98. The first-order valence-electron chi connectivity index (χ1n) is 28.1. The number of benzene rings is 6. The number of carbonyl (C=O) groups is 3. The fraction of sp³-hybridized carbons (Fsp3) is 0.409. The van der Waals surface area contributed by atoms with E-state index in [1.807, 2.05) is 79.7 Å². The van der Waals surface area contributed by atoms with Crippen molar-refractivity contribution in [1.82, 2.24) is 14.7 Å². The topological polar surface area (TPSA) is 135 Å². The fourth-order valence-corrected chi connectivity index (χ4v) is 12.4. The SMILES string of the molecule is CCOc1ccc(C(=O)CC2c3c(cc4c(c3OC)OCC4)CCN2C)cc1.COc1c2c(cc3c1C(CC(=O)c1ccccc1)N(C)CC3)CCO2.COc1cccc(C(=O)CC2c3c(cc4c(c3OC)OCC4)CCN2C)c1. The van der Waals surface area contributed by atoms with E-state index in [0.29, 0.717) is 62.6 Å². The van der Waals surface area contributed by atoms with Crippen molar-refractivity contribution in [2.75, 3.05) is 95.6 Å². The normalized spacial score (nSPS) is 18.5. The van der Waals surface area contributed by atoms with Gasteiger partial charge in [-0.2, -0.15) is 0 Å². The van der Waals surface area contributed by atoms with Crippen LogP contribution >= 0.6 is 0 Å². The molecule has 0 amide bonds. The summed E-state index contributed by atoms with van der Waals surface area (Å²) in [7, 11) is 12.9. The van der Waals surface area contributed by atoms with Crippen molar-refractivity contribution >= 4 is 17.3 Å². The first-order valence-corrected chi connectivity index (χ1v) is 28.1. The highest BCUT2D eigenvalue weighted by Crippen LogP contribution is 2.50. The second-order valence-electron chi connectivity index (χ2n) is 21.4. The van der Waals surface area contributed by atoms with Crippen LogP contribution in [0.5, 0.6) is 46.0 Å². The van der Waals surface area contributed by atoms with Crippen LogP contribution < -0.4 is 37.9 Å². The van der Waals surface area contributed by atoms with Crippen molar-refractivity contribution in [3.8, 4) is 46.0 Å². The van der Waals surface area contributed by atoms with Crippen LogP contribution in [0.4, 0.5) is 0 Å². The Kier molecular flexibility index (Phi) is 17.4. The summed E-state index contributed by atoms with van der Waals surface area (Å²) in [5.74, 6) is 6.87. The van der Waals surface area contributed by atoms with Gasteiger partial charge in [0.1, 0.15) is 11.5 Å². The molecule has 0 fully saturated rings. The second-order valence-corrected chi connectivity index (χ2v) is 21.4. The molecule has 14 heteroatoms. The Labute approximate surface area is 470 Å². The molecule has 3 atom stereocenters. The van der Waals surface area contributed by atoms with Crippen LogP contribution in [-0.2, 0) is 38.5 Å². The molecule has 0 saturated heterocycles. The van der Waals surface area contributed by atoms with Gasteiger partial charge in [-0.1, -0.05) is 60.7 Å². The van der Waals surface area contributed by atoms with Crippen LogP contribution in [0, 0.1) is 0 Å². The van der Waals surface area contributed by atoms with Gasteiger partial charge in [0.25, 0.3) is 0 Å². The van der Waals surface area contributed by atoms with E-state index in [2.05, 4.69) is 54.0 Å². The molecule has 0 N–H and O–H groups in total. The van der Waals surface area contributed by atoms with E-state index in [9.17, 15) is 14.4 Å². The third-order valence-corrected chi connectivity index (χ3v) is 16.7. The Morgan fingerprint density at radius 3 is 1.21 bits per heavy atom. The van der Waals surface area contributed by atoms with Gasteiger partial charge in [0.2, 0.25) is 0 Å². The molecule has 0 saturated carbocycles. The Morgan fingerprint density at radius 2 is 0.825 bits per heavy atom. The largest absolute Gasteiger partial charge is 0.497 e. The van der Waals surface area contributed by atoms with E-state index in [1.165, 1.54) is 33.4 Å². The Hall–Kier alpha value is -7.39. The molecule has 0 spiro atoms. The zero-order chi connectivity index (χ0) is 56.0. The lowest BCUT2D eigenvalue weighted by Gasteiger charge is -2.36. The number of rotatable bonds is 15. The lowest BCUT2D eigenvalue weighted by molar-refractivity contribution is 0.0917. The smallest absolute Gasteiger partial charge is 0.166 e. The Bertz CT molecular complexity index is 3230. The van der Waals surface area contributed by atoms with Gasteiger partial charge in [-0.3, -0.25) is 29.1 Å². The first-order chi connectivity index (χ1) is 38.9. The number of methoxy groups -OCH3 is 4. The second kappa shape index (κ2) is 25.0. The molecule has 6 aliphatic rings. The highest BCUT2D eigenvalue weighted by atomic mass is 16.5. The third-order valence-electron chi connectivity index (χ3n) is 16.7. The lowest BCUT2D eigenvalue weighted by Crippen LogP contribution is -2.34. The predicted molar refractivity (Wildman–Crippen MR) is 308 cm³/mol. The number of ether oxygens (including phenoxy) is 8. The average molecular weight is 1090 g/mol. The number of nitrogens with zero attached hydrogens (tertiary/aromatic N) is 3. The van der Waals surface area contributed by atoms with E-state index >= 15 is 0 Å². The summed E-state index contributed by atoms with van der Waals surface area (Å²) in [5.41, 5.74) is 13.0. The quantitative estimate of drug-likeness (QED) is 0.0903. The minimum absolute atomic E-state index is 0.0147. The lowest BCUT2D eigenvalue weighted by atomic mass is 9.86. The maximum Gasteiger partial charge on any atom is 0.166 e. The zero-order valence-corrected chi connectivity index (χ0v) is 47.6. The average Bonchev–Trinajstić information content (AvgIpc) is 4.38. The summed E-state index contributed by atoms with van der Waals surface area (Å²) in [6, 6.07) is 31.0. The summed E-state index contributed by atoms with van der Waals surface area (Å²) in [6.45, 7) is 7.45. The molecule has 12 rings (SSSR count). The molecule has 0 radical (unpaired) electrons. The maximum absolute atomic E-state index is 13.0. The molecule has 6 aromatic carbocycles. The molecule has 0 aromatic heterocycles. The van der Waals surface area contributed by atoms with Crippen LogP contribution in [0.1, 0.15) is 125 Å². The van der Waals surface area contributed by atoms with E-state index in [4.69, 9.17) is 37.9 Å². The molecular formula is C66H75N3O11. The molecule has 0 bridgehead atoms. The zero-order valence-electron chi connectivity index (χ0n) is 47.6. The van der Waals surface area contributed by atoms with Crippen LogP contribution in [-0.4, -0.2) is 128 Å². The van der Waals surface area contributed by atoms with Gasteiger partial charge in [-0.25, -0.2) is 0 Å².